The molecule has 1 aromatic carbocycles. The number of nitrogens with zero attached hydrogens (tertiary/aromatic N) is 1. The van der Waals surface area contributed by atoms with Crippen molar-refractivity contribution in [2.75, 3.05) is 25.1 Å². The van der Waals surface area contributed by atoms with Gasteiger partial charge in [-0.1, -0.05) is 0 Å². The maximum atomic E-state index is 11.5. The standard InChI is InChI=1S/C14H15NO3.C2H6N2O2/c1-3-15(4-2)12-6-5-10-7-11(9-16)14(17)18-13(10)8-12;1-6-2(5)4-3/h5-9H,3-4H2,1-2H3;3H2,1H3,(H,4,5). The number of hydrogen-bond donors (Lipinski definition) is 2. The molecule has 0 aliphatic carbocycles. The number of aldehydes is 1. The minimum absolute atomic E-state index is 0.0538. The van der Waals surface area contributed by atoms with Gasteiger partial charge in [0.05, 0.1) is 7.11 Å². The molecule has 0 aliphatic rings. The van der Waals surface area contributed by atoms with Crippen LogP contribution in [0.25, 0.3) is 11.0 Å². The average molecular weight is 335 g/mol. The van der Waals surface area contributed by atoms with Crippen molar-refractivity contribution in [2.45, 2.75) is 13.8 Å². The minimum atomic E-state index is -0.630. The van der Waals surface area contributed by atoms with Crippen molar-refractivity contribution >= 4 is 29.0 Å². The highest BCUT2D eigenvalue weighted by atomic mass is 16.5. The van der Waals surface area contributed by atoms with E-state index in [9.17, 15) is 14.4 Å². The third-order valence-corrected chi connectivity index (χ3v) is 3.31. The van der Waals surface area contributed by atoms with E-state index in [4.69, 9.17) is 4.42 Å². The van der Waals surface area contributed by atoms with E-state index in [0.717, 1.165) is 24.2 Å². The van der Waals surface area contributed by atoms with Gasteiger partial charge in [-0.15, -0.1) is 0 Å². The van der Waals surface area contributed by atoms with Crippen LogP contribution in [0.3, 0.4) is 0 Å². The summed E-state index contributed by atoms with van der Waals surface area (Å²) in [6.07, 6.45) is -0.112. The van der Waals surface area contributed by atoms with Crippen molar-refractivity contribution in [1.29, 1.82) is 0 Å². The predicted molar refractivity (Wildman–Crippen MR) is 91.2 cm³/mol. The lowest BCUT2D eigenvalue weighted by atomic mass is 10.1. The number of benzene rings is 1. The fourth-order valence-corrected chi connectivity index (χ4v) is 2.04. The first-order valence-electron chi connectivity index (χ1n) is 7.33. The molecule has 8 heteroatoms. The van der Waals surface area contributed by atoms with E-state index in [1.807, 2.05) is 18.2 Å². The fraction of sp³-hybridized carbons (Fsp3) is 0.312. The Bertz CT molecular complexity index is 747. The number of hydrogen-bond acceptors (Lipinski definition) is 7. The Balaban J connectivity index is 0.000000413. The molecule has 0 fully saturated rings. The molecular weight excluding hydrogens is 314 g/mol. The molecule has 0 unspecified atom stereocenters. The van der Waals surface area contributed by atoms with Crippen molar-refractivity contribution in [2.24, 2.45) is 5.84 Å². The number of amides is 1. The van der Waals surface area contributed by atoms with Crippen LogP contribution in [0.2, 0.25) is 0 Å². The van der Waals surface area contributed by atoms with Crippen molar-refractivity contribution in [1.82, 2.24) is 5.43 Å². The normalized spacial score (nSPS) is 9.67. The molecule has 1 aromatic heterocycles. The van der Waals surface area contributed by atoms with Crippen LogP contribution in [-0.4, -0.2) is 32.6 Å². The molecule has 0 aliphatic heterocycles. The first kappa shape index (κ1) is 19.2. The molecule has 0 saturated heterocycles. The summed E-state index contributed by atoms with van der Waals surface area (Å²) >= 11 is 0. The maximum absolute atomic E-state index is 11.5. The van der Waals surface area contributed by atoms with E-state index in [0.29, 0.717) is 11.9 Å². The molecular formula is C16H21N3O5. The van der Waals surface area contributed by atoms with E-state index in [2.05, 4.69) is 29.3 Å². The van der Waals surface area contributed by atoms with Gasteiger partial charge in [0.2, 0.25) is 0 Å². The van der Waals surface area contributed by atoms with Crippen LogP contribution in [0.4, 0.5) is 10.5 Å². The van der Waals surface area contributed by atoms with E-state index in [-0.39, 0.29) is 5.56 Å². The average Bonchev–Trinajstić information content (AvgIpc) is 2.61. The van der Waals surface area contributed by atoms with Crippen molar-refractivity contribution in [3.63, 3.8) is 0 Å². The Morgan fingerprint density at radius 3 is 2.46 bits per heavy atom. The third kappa shape index (κ3) is 4.82. The Hall–Kier alpha value is -2.87. The van der Waals surface area contributed by atoms with Crippen LogP contribution in [-0.2, 0) is 4.74 Å². The number of methoxy groups -OCH3 is 1. The molecule has 130 valence electrons. The molecule has 2 rings (SSSR count). The van der Waals surface area contributed by atoms with Gasteiger partial charge in [0.25, 0.3) is 0 Å². The van der Waals surface area contributed by atoms with Crippen LogP contribution < -0.4 is 21.8 Å². The summed E-state index contributed by atoms with van der Waals surface area (Å²) in [4.78, 5) is 34.0. The van der Waals surface area contributed by atoms with E-state index >= 15 is 0 Å². The van der Waals surface area contributed by atoms with Gasteiger partial charge < -0.3 is 14.1 Å². The fourth-order valence-electron chi connectivity index (χ4n) is 2.04. The molecule has 8 nitrogen and oxygen atoms in total. The maximum Gasteiger partial charge on any atom is 0.421 e. The van der Waals surface area contributed by atoms with Gasteiger partial charge in [-0.05, 0) is 32.0 Å². The third-order valence-electron chi connectivity index (χ3n) is 3.31. The van der Waals surface area contributed by atoms with Crippen LogP contribution in [0.1, 0.15) is 24.2 Å². The highest BCUT2D eigenvalue weighted by molar-refractivity contribution is 5.86. The molecule has 1 heterocycles. The summed E-state index contributed by atoms with van der Waals surface area (Å²) in [5.41, 5.74) is 2.74. The van der Waals surface area contributed by atoms with Crippen molar-refractivity contribution in [3.8, 4) is 0 Å². The second-order valence-corrected chi connectivity index (χ2v) is 4.64. The highest BCUT2D eigenvalue weighted by Crippen LogP contribution is 2.21. The summed E-state index contributed by atoms with van der Waals surface area (Å²) in [6, 6.07) is 7.21. The Kier molecular flexibility index (Phi) is 7.44. The Labute approximate surface area is 139 Å². The number of fused-ring (bicyclic) bond motifs is 1. The predicted octanol–water partition coefficient (Wildman–Crippen LogP) is 1.67. The smallest absolute Gasteiger partial charge is 0.421 e. The molecule has 0 bridgehead atoms. The Morgan fingerprint density at radius 2 is 2.00 bits per heavy atom. The first-order chi connectivity index (χ1) is 11.5. The quantitative estimate of drug-likeness (QED) is 0.287. The lowest BCUT2D eigenvalue weighted by Crippen LogP contribution is -2.29. The van der Waals surface area contributed by atoms with Gasteiger partial charge in [-0.2, -0.15) is 0 Å². The van der Waals surface area contributed by atoms with Crippen LogP contribution in [0.15, 0.2) is 33.5 Å². The zero-order valence-electron chi connectivity index (χ0n) is 13.9. The molecule has 0 atom stereocenters. The topological polar surface area (TPSA) is 115 Å². The number of nitrogens with two attached hydrogens (primary N) is 1. The lowest BCUT2D eigenvalue weighted by Gasteiger charge is -2.20. The Morgan fingerprint density at radius 1 is 1.33 bits per heavy atom. The zero-order chi connectivity index (χ0) is 18.1. The second-order valence-electron chi connectivity index (χ2n) is 4.64. The monoisotopic (exact) mass is 335 g/mol. The van der Waals surface area contributed by atoms with E-state index in [1.165, 1.54) is 7.11 Å². The zero-order valence-corrected chi connectivity index (χ0v) is 13.9. The number of carbonyl (C=O) groups is 2. The van der Waals surface area contributed by atoms with Crippen LogP contribution >= 0.6 is 0 Å². The second kappa shape index (κ2) is 9.31. The van der Waals surface area contributed by atoms with Gasteiger partial charge in [0.1, 0.15) is 11.1 Å². The number of carbonyl (C=O) groups excluding carboxylic acids is 2. The van der Waals surface area contributed by atoms with Gasteiger partial charge in [-0.25, -0.2) is 15.4 Å². The summed E-state index contributed by atoms with van der Waals surface area (Å²) in [6.45, 7) is 5.91. The molecule has 24 heavy (non-hydrogen) atoms. The van der Waals surface area contributed by atoms with E-state index in [1.54, 1.807) is 11.5 Å². The molecule has 3 N–H and O–H groups in total. The first-order valence-corrected chi connectivity index (χ1v) is 7.33. The minimum Gasteiger partial charge on any atom is -0.452 e. The molecule has 0 saturated carbocycles. The van der Waals surface area contributed by atoms with Gasteiger partial charge in [0, 0.05) is 30.2 Å². The van der Waals surface area contributed by atoms with Gasteiger partial charge >= 0.3 is 11.7 Å². The van der Waals surface area contributed by atoms with Crippen LogP contribution in [0, 0.1) is 0 Å². The SMILES string of the molecule is CCN(CC)c1ccc2cc(C=O)c(=O)oc2c1.COC(=O)NN. The summed E-state index contributed by atoms with van der Waals surface area (Å²) in [5, 5.41) is 0.757. The van der Waals surface area contributed by atoms with Crippen molar-refractivity contribution < 1.29 is 18.7 Å². The van der Waals surface area contributed by atoms with Gasteiger partial charge in [-0.3, -0.25) is 10.2 Å². The number of rotatable bonds is 4. The number of ether oxygens (including phenoxy) is 1. The van der Waals surface area contributed by atoms with Gasteiger partial charge in [0.15, 0.2) is 6.29 Å². The number of hydrazine groups is 1. The molecule has 2 aromatic rings. The molecule has 0 spiro atoms. The highest BCUT2D eigenvalue weighted by Gasteiger charge is 2.07. The number of nitrogens with one attached hydrogen (secondary N) is 1. The van der Waals surface area contributed by atoms with Crippen LogP contribution in [0.5, 0.6) is 0 Å². The lowest BCUT2D eigenvalue weighted by molar-refractivity contribution is 0.112. The summed E-state index contributed by atoms with van der Waals surface area (Å²) < 4.78 is 9.17. The van der Waals surface area contributed by atoms with Crippen molar-refractivity contribution in [3.05, 3.63) is 40.2 Å². The molecule has 1 amide bonds. The summed E-state index contributed by atoms with van der Waals surface area (Å²) in [7, 11) is 1.24. The van der Waals surface area contributed by atoms with E-state index < -0.39 is 11.7 Å². The summed E-state index contributed by atoms with van der Waals surface area (Å²) in [5.74, 6) is 4.56. The molecule has 0 radical (unpaired) electrons. The number of anilines is 1. The largest absolute Gasteiger partial charge is 0.452 e.